The maximum Gasteiger partial charge on any atom is 0.306 e. The Morgan fingerprint density at radius 3 is 1.74 bits per heavy atom. The van der Waals surface area contributed by atoms with Gasteiger partial charge in [0.1, 0.15) is 12.3 Å². The smallest absolute Gasteiger partial charge is 0.306 e. The van der Waals surface area contributed by atoms with Gasteiger partial charge in [0.2, 0.25) is 0 Å². The van der Waals surface area contributed by atoms with E-state index >= 15 is 0 Å². The summed E-state index contributed by atoms with van der Waals surface area (Å²) < 4.78 is 5.75. The molecule has 0 saturated carbocycles. The molecule has 3 unspecified atom stereocenters. The number of likely N-dealkylation sites (tertiary alicyclic amines) is 1. The summed E-state index contributed by atoms with van der Waals surface area (Å²) in [5.74, 6) is 0.102. The lowest BCUT2D eigenvalue weighted by Crippen LogP contribution is -2.60. The highest BCUT2D eigenvalue weighted by atomic mass is 16.5. The van der Waals surface area contributed by atoms with Crippen LogP contribution in [0.25, 0.3) is 0 Å². The molecule has 184 valence electrons. The largest absolute Gasteiger partial charge is 0.462 e. The molecule has 1 fully saturated rings. The van der Waals surface area contributed by atoms with Gasteiger partial charge in [0, 0.05) is 24.3 Å². The molecule has 0 radical (unpaired) electrons. The summed E-state index contributed by atoms with van der Waals surface area (Å²) in [6.07, 6.45) is 20.2. The summed E-state index contributed by atoms with van der Waals surface area (Å²) in [6.45, 7) is 8.61. The molecule has 0 bridgehead atoms. The van der Waals surface area contributed by atoms with E-state index in [0.717, 1.165) is 12.8 Å². The van der Waals surface area contributed by atoms with E-state index < -0.39 is 6.23 Å². The molecule has 1 rings (SSSR count). The first kappa shape index (κ1) is 28.4. The van der Waals surface area contributed by atoms with Crippen molar-refractivity contribution < 1.29 is 14.6 Å². The second kappa shape index (κ2) is 16.1. The summed E-state index contributed by atoms with van der Waals surface area (Å²) in [5.41, 5.74) is -0.183. The van der Waals surface area contributed by atoms with Gasteiger partial charge in [-0.3, -0.25) is 9.69 Å². The standard InChI is InChI=1S/C27H53NO3/c1-6-7-8-9-10-11-12-13-14-15-16-17-18-19-20-21-26(30)31-24-22-25(29)28(5)27(3,4)23(24)2/h23-25,29H,6-22H2,1-5H3. The number of carbonyl (C=O) groups is 1. The van der Waals surface area contributed by atoms with Crippen LogP contribution in [-0.4, -0.2) is 40.9 Å². The van der Waals surface area contributed by atoms with Gasteiger partial charge in [0.15, 0.2) is 0 Å². The molecule has 31 heavy (non-hydrogen) atoms. The van der Waals surface area contributed by atoms with Crippen molar-refractivity contribution in [3.8, 4) is 0 Å². The number of hydrogen-bond acceptors (Lipinski definition) is 4. The summed E-state index contributed by atoms with van der Waals surface area (Å²) >= 11 is 0. The van der Waals surface area contributed by atoms with Gasteiger partial charge in [0.25, 0.3) is 0 Å². The Morgan fingerprint density at radius 1 is 0.871 bits per heavy atom. The van der Waals surface area contributed by atoms with Gasteiger partial charge in [0.05, 0.1) is 0 Å². The number of hydrogen-bond donors (Lipinski definition) is 1. The average molecular weight is 440 g/mol. The normalized spacial score (nSPS) is 23.7. The summed E-state index contributed by atoms with van der Waals surface area (Å²) in [5, 5.41) is 10.3. The number of esters is 1. The molecular formula is C27H53NO3. The highest BCUT2D eigenvalue weighted by Crippen LogP contribution is 2.36. The molecule has 1 aliphatic heterocycles. The van der Waals surface area contributed by atoms with E-state index in [0.29, 0.717) is 12.8 Å². The maximum absolute atomic E-state index is 12.3. The van der Waals surface area contributed by atoms with Gasteiger partial charge in [-0.2, -0.15) is 0 Å². The zero-order chi connectivity index (χ0) is 23.1. The molecule has 1 N–H and O–H groups in total. The monoisotopic (exact) mass is 439 g/mol. The molecule has 0 aromatic carbocycles. The van der Waals surface area contributed by atoms with Gasteiger partial charge in [-0.25, -0.2) is 0 Å². The molecule has 0 spiro atoms. The van der Waals surface area contributed by atoms with E-state index in [1.165, 1.54) is 83.5 Å². The summed E-state index contributed by atoms with van der Waals surface area (Å²) in [7, 11) is 1.94. The van der Waals surface area contributed by atoms with Crippen molar-refractivity contribution in [2.75, 3.05) is 7.05 Å². The zero-order valence-electron chi connectivity index (χ0n) is 21.5. The molecule has 0 aliphatic carbocycles. The SMILES string of the molecule is CCCCCCCCCCCCCCCCCC(=O)OC1CC(O)N(C)C(C)(C)C1C. The van der Waals surface area contributed by atoms with Gasteiger partial charge in [-0.1, -0.05) is 104 Å². The van der Waals surface area contributed by atoms with Crippen molar-refractivity contribution in [2.24, 2.45) is 5.92 Å². The Morgan fingerprint density at radius 2 is 1.29 bits per heavy atom. The highest BCUT2D eigenvalue weighted by Gasteiger charge is 2.45. The maximum atomic E-state index is 12.3. The van der Waals surface area contributed by atoms with Crippen molar-refractivity contribution >= 4 is 5.97 Å². The second-order valence-electron chi connectivity index (χ2n) is 10.5. The Hall–Kier alpha value is -0.610. The number of rotatable bonds is 17. The number of carbonyl (C=O) groups excluding carboxylic acids is 1. The second-order valence-corrected chi connectivity index (χ2v) is 10.5. The van der Waals surface area contributed by atoms with Crippen LogP contribution in [0.3, 0.4) is 0 Å². The summed E-state index contributed by atoms with van der Waals surface area (Å²) in [6, 6.07) is 0. The van der Waals surface area contributed by atoms with Gasteiger partial charge >= 0.3 is 5.97 Å². The van der Waals surface area contributed by atoms with Crippen LogP contribution in [-0.2, 0) is 9.53 Å². The fourth-order valence-electron chi connectivity index (χ4n) is 4.75. The van der Waals surface area contributed by atoms with Crippen molar-refractivity contribution in [1.29, 1.82) is 0 Å². The molecule has 4 nitrogen and oxygen atoms in total. The lowest BCUT2D eigenvalue weighted by molar-refractivity contribution is -0.178. The van der Waals surface area contributed by atoms with Crippen molar-refractivity contribution in [3.05, 3.63) is 0 Å². The minimum Gasteiger partial charge on any atom is -0.462 e. The first-order valence-electron chi connectivity index (χ1n) is 13.4. The number of aliphatic hydroxyl groups excluding tert-OH is 1. The molecular weight excluding hydrogens is 386 g/mol. The topological polar surface area (TPSA) is 49.8 Å². The molecule has 3 atom stereocenters. The summed E-state index contributed by atoms with van der Waals surface area (Å²) in [4.78, 5) is 14.3. The van der Waals surface area contributed by atoms with Crippen LogP contribution in [0.5, 0.6) is 0 Å². The van der Waals surface area contributed by atoms with Crippen LogP contribution in [0.4, 0.5) is 0 Å². The average Bonchev–Trinajstić information content (AvgIpc) is 2.73. The molecule has 1 heterocycles. The molecule has 1 saturated heterocycles. The molecule has 4 heteroatoms. The van der Waals surface area contributed by atoms with Crippen molar-refractivity contribution in [3.63, 3.8) is 0 Å². The number of ether oxygens (including phenoxy) is 1. The predicted octanol–water partition coefficient (Wildman–Crippen LogP) is 7.23. The molecule has 0 aromatic heterocycles. The Balaban J connectivity index is 1.96. The van der Waals surface area contributed by atoms with Crippen LogP contribution in [0.1, 0.15) is 137 Å². The van der Waals surface area contributed by atoms with Crippen LogP contribution >= 0.6 is 0 Å². The van der Waals surface area contributed by atoms with E-state index in [4.69, 9.17) is 4.74 Å². The molecule has 0 amide bonds. The first-order valence-corrected chi connectivity index (χ1v) is 13.4. The van der Waals surface area contributed by atoms with E-state index in [1.807, 2.05) is 11.9 Å². The van der Waals surface area contributed by atoms with E-state index in [2.05, 4.69) is 27.7 Å². The van der Waals surface area contributed by atoms with Gasteiger partial charge < -0.3 is 9.84 Å². The number of unbranched alkanes of at least 4 members (excludes halogenated alkanes) is 14. The minimum absolute atomic E-state index is 0.0981. The lowest BCUT2D eigenvalue weighted by atomic mass is 9.78. The van der Waals surface area contributed by atoms with E-state index in [1.54, 1.807) is 0 Å². The number of aliphatic hydroxyl groups is 1. The Bertz CT molecular complexity index is 465. The van der Waals surface area contributed by atoms with Crippen LogP contribution in [0, 0.1) is 5.92 Å². The van der Waals surface area contributed by atoms with Crippen LogP contribution in [0.15, 0.2) is 0 Å². The van der Waals surface area contributed by atoms with Crippen molar-refractivity contribution in [1.82, 2.24) is 4.90 Å². The van der Waals surface area contributed by atoms with Crippen molar-refractivity contribution in [2.45, 2.75) is 155 Å². The molecule has 0 aromatic rings. The van der Waals surface area contributed by atoms with E-state index in [9.17, 15) is 9.90 Å². The predicted molar refractivity (Wildman–Crippen MR) is 131 cm³/mol. The number of nitrogens with zero attached hydrogens (tertiary/aromatic N) is 1. The van der Waals surface area contributed by atoms with Gasteiger partial charge in [-0.15, -0.1) is 0 Å². The third-order valence-corrected chi connectivity index (χ3v) is 7.74. The zero-order valence-corrected chi connectivity index (χ0v) is 21.5. The quantitative estimate of drug-likeness (QED) is 0.192. The minimum atomic E-state index is -0.546. The van der Waals surface area contributed by atoms with Crippen LogP contribution < -0.4 is 0 Å². The lowest BCUT2D eigenvalue weighted by Gasteiger charge is -2.50. The first-order chi connectivity index (χ1) is 14.8. The fourth-order valence-corrected chi connectivity index (χ4v) is 4.75. The van der Waals surface area contributed by atoms with E-state index in [-0.39, 0.29) is 23.5 Å². The third kappa shape index (κ3) is 11.2. The number of piperidine rings is 1. The van der Waals surface area contributed by atoms with Gasteiger partial charge in [-0.05, 0) is 27.3 Å². The van der Waals surface area contributed by atoms with Crippen LogP contribution in [0.2, 0.25) is 0 Å². The highest BCUT2D eigenvalue weighted by molar-refractivity contribution is 5.69. The molecule has 1 aliphatic rings. The third-order valence-electron chi connectivity index (χ3n) is 7.74. The fraction of sp³-hybridized carbons (Fsp3) is 0.963. The Labute approximate surface area is 193 Å². The Kier molecular flexibility index (Phi) is 14.7.